The molecule has 1 aromatic heterocycles. The summed E-state index contributed by atoms with van der Waals surface area (Å²) in [5, 5.41) is 4.34. The van der Waals surface area contributed by atoms with Gasteiger partial charge in [0.05, 0.1) is 18.9 Å². The van der Waals surface area contributed by atoms with Crippen LogP contribution < -0.4 is 0 Å². The Kier molecular flexibility index (Phi) is 4.14. The summed E-state index contributed by atoms with van der Waals surface area (Å²) >= 11 is 0. The number of hydrogen-bond acceptors (Lipinski definition) is 3. The molecule has 20 heavy (non-hydrogen) atoms. The van der Waals surface area contributed by atoms with Crippen LogP contribution in [0.1, 0.15) is 24.2 Å². The van der Waals surface area contributed by atoms with Crippen molar-refractivity contribution in [1.82, 2.24) is 14.7 Å². The van der Waals surface area contributed by atoms with Gasteiger partial charge in [0.25, 0.3) is 0 Å². The second-order valence-corrected chi connectivity index (χ2v) is 5.21. The fourth-order valence-electron chi connectivity index (χ4n) is 2.63. The molecule has 0 radical (unpaired) electrons. The second-order valence-electron chi connectivity index (χ2n) is 5.21. The molecule has 1 fully saturated rings. The Labute approximate surface area is 120 Å². The molecule has 1 aliphatic rings. The van der Waals surface area contributed by atoms with Gasteiger partial charge in [-0.15, -0.1) is 0 Å². The SMILES string of the molecule is CCn1cc(CN2CCO[C@@H](c3ccccc3)C2)cn1. The van der Waals surface area contributed by atoms with E-state index in [0.717, 1.165) is 32.8 Å². The maximum absolute atomic E-state index is 5.90. The van der Waals surface area contributed by atoms with E-state index in [1.165, 1.54) is 11.1 Å². The molecule has 0 spiro atoms. The average molecular weight is 271 g/mol. The quantitative estimate of drug-likeness (QED) is 0.856. The maximum atomic E-state index is 5.90. The number of nitrogens with zero attached hydrogens (tertiary/aromatic N) is 3. The summed E-state index contributed by atoms with van der Waals surface area (Å²) in [6.45, 7) is 6.71. The maximum Gasteiger partial charge on any atom is 0.0952 e. The molecule has 3 rings (SSSR count). The predicted molar refractivity (Wildman–Crippen MR) is 78.3 cm³/mol. The summed E-state index contributed by atoms with van der Waals surface area (Å²) in [6.07, 6.45) is 4.29. The van der Waals surface area contributed by atoms with Gasteiger partial charge in [0.2, 0.25) is 0 Å². The van der Waals surface area contributed by atoms with Gasteiger partial charge < -0.3 is 4.74 Å². The summed E-state index contributed by atoms with van der Waals surface area (Å²) in [5.41, 5.74) is 2.54. The zero-order chi connectivity index (χ0) is 13.8. The van der Waals surface area contributed by atoms with Crippen LogP contribution in [-0.2, 0) is 17.8 Å². The predicted octanol–water partition coefficient (Wildman–Crippen LogP) is 2.48. The highest BCUT2D eigenvalue weighted by Gasteiger charge is 2.22. The number of aryl methyl sites for hydroxylation is 1. The average Bonchev–Trinajstić information content (AvgIpc) is 2.96. The normalized spacial score (nSPS) is 20.1. The lowest BCUT2D eigenvalue weighted by Crippen LogP contribution is -2.37. The van der Waals surface area contributed by atoms with Crippen molar-refractivity contribution in [2.24, 2.45) is 0 Å². The summed E-state index contributed by atoms with van der Waals surface area (Å²) in [7, 11) is 0. The van der Waals surface area contributed by atoms with Gasteiger partial charge in [0.1, 0.15) is 0 Å². The molecule has 0 saturated carbocycles. The van der Waals surface area contributed by atoms with Crippen molar-refractivity contribution in [2.75, 3.05) is 19.7 Å². The van der Waals surface area contributed by atoms with E-state index in [1.807, 2.05) is 16.9 Å². The Morgan fingerprint density at radius 2 is 2.15 bits per heavy atom. The fourth-order valence-corrected chi connectivity index (χ4v) is 2.63. The van der Waals surface area contributed by atoms with Gasteiger partial charge >= 0.3 is 0 Å². The summed E-state index contributed by atoms with van der Waals surface area (Å²) in [5.74, 6) is 0. The van der Waals surface area contributed by atoms with Crippen LogP contribution in [0.2, 0.25) is 0 Å². The third-order valence-electron chi connectivity index (χ3n) is 3.74. The van der Waals surface area contributed by atoms with E-state index in [2.05, 4.69) is 47.4 Å². The lowest BCUT2D eigenvalue weighted by atomic mass is 10.1. The smallest absolute Gasteiger partial charge is 0.0952 e. The minimum atomic E-state index is 0.186. The first kappa shape index (κ1) is 13.3. The lowest BCUT2D eigenvalue weighted by molar-refractivity contribution is -0.0329. The van der Waals surface area contributed by atoms with Crippen LogP contribution in [0.3, 0.4) is 0 Å². The molecule has 1 aromatic carbocycles. The molecule has 2 aromatic rings. The molecule has 2 heterocycles. The molecule has 1 saturated heterocycles. The topological polar surface area (TPSA) is 30.3 Å². The van der Waals surface area contributed by atoms with Crippen molar-refractivity contribution >= 4 is 0 Å². The van der Waals surface area contributed by atoms with Gasteiger partial charge in [0.15, 0.2) is 0 Å². The number of rotatable bonds is 4. The lowest BCUT2D eigenvalue weighted by Gasteiger charge is -2.32. The van der Waals surface area contributed by atoms with E-state index in [4.69, 9.17) is 4.74 Å². The van der Waals surface area contributed by atoms with E-state index >= 15 is 0 Å². The Morgan fingerprint density at radius 3 is 2.90 bits per heavy atom. The van der Waals surface area contributed by atoms with Crippen molar-refractivity contribution in [3.05, 3.63) is 53.9 Å². The number of ether oxygens (including phenoxy) is 1. The van der Waals surface area contributed by atoms with Gasteiger partial charge in [-0.25, -0.2) is 0 Å². The molecular formula is C16H21N3O. The monoisotopic (exact) mass is 271 g/mol. The molecule has 4 nitrogen and oxygen atoms in total. The summed E-state index contributed by atoms with van der Waals surface area (Å²) in [4.78, 5) is 2.44. The van der Waals surface area contributed by atoms with Crippen molar-refractivity contribution in [3.8, 4) is 0 Å². The van der Waals surface area contributed by atoms with E-state index in [1.54, 1.807) is 0 Å². The number of benzene rings is 1. The van der Waals surface area contributed by atoms with E-state index in [0.29, 0.717) is 0 Å². The van der Waals surface area contributed by atoms with Crippen LogP contribution in [0.25, 0.3) is 0 Å². The van der Waals surface area contributed by atoms with E-state index < -0.39 is 0 Å². The first-order valence-corrected chi connectivity index (χ1v) is 7.25. The van der Waals surface area contributed by atoms with Crippen molar-refractivity contribution in [3.63, 3.8) is 0 Å². The molecule has 0 amide bonds. The van der Waals surface area contributed by atoms with E-state index in [-0.39, 0.29) is 6.10 Å². The van der Waals surface area contributed by atoms with Gasteiger partial charge in [-0.1, -0.05) is 30.3 Å². The summed E-state index contributed by atoms with van der Waals surface area (Å²) < 4.78 is 7.87. The van der Waals surface area contributed by atoms with Crippen molar-refractivity contribution < 1.29 is 4.74 Å². The highest BCUT2D eigenvalue weighted by atomic mass is 16.5. The van der Waals surface area contributed by atoms with Crippen molar-refractivity contribution in [2.45, 2.75) is 26.1 Å². The Balaban J connectivity index is 1.63. The first-order valence-electron chi connectivity index (χ1n) is 7.25. The van der Waals surface area contributed by atoms with Crippen LogP contribution in [0.4, 0.5) is 0 Å². The number of aromatic nitrogens is 2. The molecule has 1 aliphatic heterocycles. The number of morpholine rings is 1. The van der Waals surface area contributed by atoms with Crippen LogP contribution in [0, 0.1) is 0 Å². The zero-order valence-electron chi connectivity index (χ0n) is 11.9. The molecule has 0 unspecified atom stereocenters. The van der Waals surface area contributed by atoms with Crippen molar-refractivity contribution in [1.29, 1.82) is 0 Å². The van der Waals surface area contributed by atoms with Crippen LogP contribution in [0.15, 0.2) is 42.7 Å². The molecule has 0 aliphatic carbocycles. The molecule has 4 heteroatoms. The Bertz CT molecular complexity index is 538. The van der Waals surface area contributed by atoms with E-state index in [9.17, 15) is 0 Å². The minimum absolute atomic E-state index is 0.186. The molecule has 0 N–H and O–H groups in total. The Morgan fingerprint density at radius 1 is 1.30 bits per heavy atom. The second kappa shape index (κ2) is 6.20. The van der Waals surface area contributed by atoms with Crippen LogP contribution >= 0.6 is 0 Å². The molecule has 1 atom stereocenters. The fraction of sp³-hybridized carbons (Fsp3) is 0.438. The van der Waals surface area contributed by atoms with Crippen LogP contribution in [-0.4, -0.2) is 34.4 Å². The van der Waals surface area contributed by atoms with Crippen LogP contribution in [0.5, 0.6) is 0 Å². The van der Waals surface area contributed by atoms with Gasteiger partial charge in [0, 0.05) is 37.9 Å². The number of hydrogen-bond donors (Lipinski definition) is 0. The van der Waals surface area contributed by atoms with Gasteiger partial charge in [-0.05, 0) is 12.5 Å². The molecular weight excluding hydrogens is 250 g/mol. The minimum Gasteiger partial charge on any atom is -0.371 e. The Hall–Kier alpha value is -1.65. The molecule has 0 bridgehead atoms. The largest absolute Gasteiger partial charge is 0.371 e. The highest BCUT2D eigenvalue weighted by molar-refractivity contribution is 5.18. The first-order chi connectivity index (χ1) is 9.85. The highest BCUT2D eigenvalue weighted by Crippen LogP contribution is 2.22. The zero-order valence-corrected chi connectivity index (χ0v) is 11.9. The van der Waals surface area contributed by atoms with Gasteiger partial charge in [-0.3, -0.25) is 9.58 Å². The molecule has 106 valence electrons. The van der Waals surface area contributed by atoms with Gasteiger partial charge in [-0.2, -0.15) is 5.10 Å². The summed E-state index contributed by atoms with van der Waals surface area (Å²) in [6, 6.07) is 10.5. The third kappa shape index (κ3) is 3.08. The third-order valence-corrected chi connectivity index (χ3v) is 3.74. The standard InChI is InChI=1S/C16H21N3O/c1-2-19-12-14(10-17-19)11-18-8-9-20-16(13-18)15-6-4-3-5-7-15/h3-7,10,12,16H,2,8-9,11,13H2,1H3/t16-/m1/s1.